The number of nitrogens with zero attached hydrogens (tertiary/aromatic N) is 1. The Bertz CT molecular complexity index is 578. The van der Waals surface area contributed by atoms with Gasteiger partial charge < -0.3 is 9.88 Å². The van der Waals surface area contributed by atoms with Crippen LogP contribution in [0.25, 0.3) is 0 Å². The van der Waals surface area contributed by atoms with Crippen LogP contribution < -0.4 is 5.32 Å². The summed E-state index contributed by atoms with van der Waals surface area (Å²) >= 11 is 3.36. The zero-order valence-corrected chi connectivity index (χ0v) is 11.1. The number of carbonyl (C=O) groups excluding carboxylic acids is 2. The summed E-state index contributed by atoms with van der Waals surface area (Å²) in [6.07, 6.45) is 4.08. The lowest BCUT2D eigenvalue weighted by atomic mass is 10.3. The van der Waals surface area contributed by atoms with E-state index in [0.29, 0.717) is 5.56 Å². The van der Waals surface area contributed by atoms with Crippen molar-refractivity contribution in [3.05, 3.63) is 52.8 Å². The quantitative estimate of drug-likeness (QED) is 0.883. The van der Waals surface area contributed by atoms with E-state index < -0.39 is 0 Å². The van der Waals surface area contributed by atoms with Gasteiger partial charge in [0, 0.05) is 22.4 Å². The average Bonchev–Trinajstić information content (AvgIpc) is 2.80. The van der Waals surface area contributed by atoms with Crippen molar-refractivity contribution in [2.75, 3.05) is 5.32 Å². The van der Waals surface area contributed by atoms with Gasteiger partial charge in [-0.2, -0.15) is 0 Å². The van der Waals surface area contributed by atoms with E-state index in [2.05, 4.69) is 21.2 Å². The molecule has 0 unspecified atom stereocenters. The molecular formula is C13H11BrN2O2. The average molecular weight is 307 g/mol. The molecule has 0 radical (unpaired) electrons. The normalized spacial score (nSPS) is 10.1. The predicted molar refractivity (Wildman–Crippen MR) is 72.6 cm³/mol. The molecule has 92 valence electrons. The molecule has 2 rings (SSSR count). The van der Waals surface area contributed by atoms with Gasteiger partial charge >= 0.3 is 0 Å². The molecule has 1 aromatic carbocycles. The van der Waals surface area contributed by atoms with Crippen molar-refractivity contribution in [2.24, 2.45) is 0 Å². The maximum absolute atomic E-state index is 11.8. The van der Waals surface area contributed by atoms with Gasteiger partial charge in [-0.25, -0.2) is 0 Å². The van der Waals surface area contributed by atoms with E-state index in [-0.39, 0.29) is 12.5 Å². The molecule has 1 amide bonds. The first-order valence-corrected chi connectivity index (χ1v) is 6.13. The number of halogens is 1. The number of anilines is 1. The van der Waals surface area contributed by atoms with Crippen LogP contribution in [-0.2, 0) is 11.3 Å². The first-order chi connectivity index (χ1) is 8.69. The minimum absolute atomic E-state index is 0.144. The number of amides is 1. The summed E-state index contributed by atoms with van der Waals surface area (Å²) in [4.78, 5) is 22.3. The van der Waals surface area contributed by atoms with Gasteiger partial charge in [0.05, 0.1) is 5.69 Å². The smallest absolute Gasteiger partial charge is 0.244 e. The maximum atomic E-state index is 11.8. The lowest BCUT2D eigenvalue weighted by Crippen LogP contribution is -2.18. The molecule has 0 saturated heterocycles. The van der Waals surface area contributed by atoms with Crippen molar-refractivity contribution in [1.82, 2.24) is 4.57 Å². The van der Waals surface area contributed by atoms with E-state index in [0.717, 1.165) is 16.4 Å². The third-order valence-electron chi connectivity index (χ3n) is 2.38. The first kappa shape index (κ1) is 12.6. The molecule has 0 aliphatic heterocycles. The molecule has 2 aromatic rings. The van der Waals surface area contributed by atoms with Crippen LogP contribution in [0.15, 0.2) is 47.2 Å². The van der Waals surface area contributed by atoms with Gasteiger partial charge in [0.15, 0.2) is 6.29 Å². The Kier molecular flexibility index (Phi) is 3.94. The third kappa shape index (κ3) is 3.07. The Labute approximate surface area is 113 Å². The number of aldehydes is 1. The van der Waals surface area contributed by atoms with Crippen molar-refractivity contribution in [2.45, 2.75) is 6.54 Å². The summed E-state index contributed by atoms with van der Waals surface area (Å²) in [5.74, 6) is -0.144. The van der Waals surface area contributed by atoms with Gasteiger partial charge in [-0.15, -0.1) is 0 Å². The highest BCUT2D eigenvalue weighted by Crippen LogP contribution is 2.21. The molecule has 0 spiro atoms. The van der Waals surface area contributed by atoms with E-state index in [9.17, 15) is 9.59 Å². The number of benzene rings is 1. The summed E-state index contributed by atoms with van der Waals surface area (Å²) in [6, 6.07) is 9.06. The number of aromatic nitrogens is 1. The number of rotatable bonds is 4. The van der Waals surface area contributed by atoms with Crippen LogP contribution in [0.2, 0.25) is 0 Å². The minimum atomic E-state index is -0.144. The van der Waals surface area contributed by atoms with Gasteiger partial charge in [-0.1, -0.05) is 12.1 Å². The van der Waals surface area contributed by atoms with Crippen LogP contribution in [0.1, 0.15) is 10.4 Å². The number of para-hydroxylation sites is 1. The van der Waals surface area contributed by atoms with Crippen LogP contribution >= 0.6 is 15.9 Å². The van der Waals surface area contributed by atoms with Crippen LogP contribution in [0.3, 0.4) is 0 Å². The van der Waals surface area contributed by atoms with Crippen LogP contribution in [0.5, 0.6) is 0 Å². The highest BCUT2D eigenvalue weighted by Gasteiger charge is 2.06. The summed E-state index contributed by atoms with van der Waals surface area (Å²) in [7, 11) is 0. The largest absolute Gasteiger partial charge is 0.344 e. The van der Waals surface area contributed by atoms with Gasteiger partial charge in [0.25, 0.3) is 0 Å². The molecule has 0 bridgehead atoms. The second-order valence-electron chi connectivity index (χ2n) is 3.76. The van der Waals surface area contributed by atoms with Gasteiger partial charge in [0.2, 0.25) is 5.91 Å². The van der Waals surface area contributed by atoms with Crippen molar-refractivity contribution >= 4 is 33.8 Å². The minimum Gasteiger partial charge on any atom is -0.344 e. The summed E-state index contributed by atoms with van der Waals surface area (Å²) in [5.41, 5.74) is 1.29. The molecule has 1 heterocycles. The number of carbonyl (C=O) groups is 2. The Morgan fingerprint density at radius 3 is 2.78 bits per heavy atom. The number of hydrogen-bond acceptors (Lipinski definition) is 2. The second kappa shape index (κ2) is 5.64. The van der Waals surface area contributed by atoms with Crippen LogP contribution in [0, 0.1) is 0 Å². The zero-order chi connectivity index (χ0) is 13.0. The number of nitrogens with one attached hydrogen (secondary N) is 1. The van der Waals surface area contributed by atoms with Crippen molar-refractivity contribution in [1.29, 1.82) is 0 Å². The molecule has 0 aliphatic rings. The summed E-state index contributed by atoms with van der Waals surface area (Å²) < 4.78 is 2.50. The maximum Gasteiger partial charge on any atom is 0.244 e. The zero-order valence-electron chi connectivity index (χ0n) is 9.47. The highest BCUT2D eigenvalue weighted by molar-refractivity contribution is 9.10. The summed E-state index contributed by atoms with van der Waals surface area (Å²) in [5, 5.41) is 2.79. The van der Waals surface area contributed by atoms with Crippen molar-refractivity contribution < 1.29 is 9.59 Å². The Morgan fingerprint density at radius 1 is 1.33 bits per heavy atom. The fourth-order valence-electron chi connectivity index (χ4n) is 1.55. The van der Waals surface area contributed by atoms with Crippen LogP contribution in [-0.4, -0.2) is 16.8 Å². The van der Waals surface area contributed by atoms with Gasteiger partial charge in [-0.05, 0) is 34.1 Å². The van der Waals surface area contributed by atoms with E-state index in [1.807, 2.05) is 24.3 Å². The monoisotopic (exact) mass is 306 g/mol. The number of hydrogen-bond donors (Lipinski definition) is 1. The van der Waals surface area contributed by atoms with E-state index >= 15 is 0 Å². The van der Waals surface area contributed by atoms with E-state index in [4.69, 9.17) is 0 Å². The van der Waals surface area contributed by atoms with Gasteiger partial charge in [0.1, 0.15) is 6.54 Å². The fraction of sp³-hybridized carbons (Fsp3) is 0.0769. The molecular weight excluding hydrogens is 296 g/mol. The van der Waals surface area contributed by atoms with Crippen molar-refractivity contribution in [3.8, 4) is 0 Å². The van der Waals surface area contributed by atoms with Gasteiger partial charge in [-0.3, -0.25) is 9.59 Å². The van der Waals surface area contributed by atoms with E-state index in [1.54, 1.807) is 23.0 Å². The topological polar surface area (TPSA) is 51.1 Å². The van der Waals surface area contributed by atoms with Crippen molar-refractivity contribution in [3.63, 3.8) is 0 Å². The molecule has 1 N–H and O–H groups in total. The highest BCUT2D eigenvalue weighted by atomic mass is 79.9. The predicted octanol–water partition coefficient (Wildman–Crippen LogP) is 2.70. The SMILES string of the molecule is O=Cc1ccn(CC(=O)Nc2ccccc2Br)c1. The molecule has 18 heavy (non-hydrogen) atoms. The fourth-order valence-corrected chi connectivity index (χ4v) is 1.93. The molecule has 0 saturated carbocycles. The second-order valence-corrected chi connectivity index (χ2v) is 4.62. The molecule has 0 aliphatic carbocycles. The first-order valence-electron chi connectivity index (χ1n) is 5.34. The third-order valence-corrected chi connectivity index (χ3v) is 3.08. The Morgan fingerprint density at radius 2 is 2.11 bits per heavy atom. The van der Waals surface area contributed by atoms with Crippen LogP contribution in [0.4, 0.5) is 5.69 Å². The van der Waals surface area contributed by atoms with E-state index in [1.165, 1.54) is 0 Å². The lowest BCUT2D eigenvalue weighted by molar-refractivity contribution is -0.116. The summed E-state index contributed by atoms with van der Waals surface area (Å²) in [6.45, 7) is 0.176. The molecule has 5 heteroatoms. The lowest BCUT2D eigenvalue weighted by Gasteiger charge is -2.07. The Balaban J connectivity index is 2.01. The molecule has 1 aromatic heterocycles. The molecule has 0 fully saturated rings. The molecule has 4 nitrogen and oxygen atoms in total. The molecule has 0 atom stereocenters. The Hall–Kier alpha value is -1.88. The standard InChI is InChI=1S/C13H11BrN2O2/c14-11-3-1-2-4-12(11)15-13(18)8-16-6-5-10(7-16)9-17/h1-7,9H,8H2,(H,15,18).